The molecule has 7 atom stereocenters. The maximum absolute atomic E-state index is 12.1. The Morgan fingerprint density at radius 2 is 1.43 bits per heavy atom. The number of carbonyl (C=O) groups is 2. The largest absolute Gasteiger partial charge is 0.462 e. The van der Waals surface area contributed by atoms with Gasteiger partial charge in [-0.3, -0.25) is 9.59 Å². The van der Waals surface area contributed by atoms with Gasteiger partial charge in [-0.2, -0.15) is 0 Å². The predicted octanol–water partition coefficient (Wildman–Crippen LogP) is -1.37. The molecule has 0 aliphatic carbocycles. The quantitative estimate of drug-likeness (QED) is 0.287. The van der Waals surface area contributed by atoms with Crippen LogP contribution >= 0.6 is 0 Å². The van der Waals surface area contributed by atoms with E-state index in [1.165, 1.54) is 0 Å². The summed E-state index contributed by atoms with van der Waals surface area (Å²) in [4.78, 5) is 24.0. The molecular weight excluding hydrogens is 372 g/mol. The van der Waals surface area contributed by atoms with E-state index in [0.29, 0.717) is 12.8 Å². The zero-order valence-electron chi connectivity index (χ0n) is 16.9. The third-order valence-corrected chi connectivity index (χ3v) is 4.36. The standard InChI is InChI=1S/C18H34N2O8/c1-8(2)5-10(19)16(23)26-7-12-13(21)15(14(22)18(25)27-12)28-17(24)11(20)6-9(3)4/h8-15,18,21-22,25H,5-7,19-20H2,1-4H3/t10-,11-,12+,13+,14+,15-,18?/m0/s1. The van der Waals surface area contributed by atoms with E-state index >= 15 is 0 Å². The molecule has 0 radical (unpaired) electrons. The highest BCUT2D eigenvalue weighted by molar-refractivity contribution is 5.76. The Labute approximate surface area is 165 Å². The number of hydrogen-bond acceptors (Lipinski definition) is 10. The van der Waals surface area contributed by atoms with Crippen LogP contribution in [0.1, 0.15) is 40.5 Å². The zero-order valence-corrected chi connectivity index (χ0v) is 16.9. The highest BCUT2D eigenvalue weighted by Crippen LogP contribution is 2.24. The lowest BCUT2D eigenvalue weighted by Crippen LogP contribution is -2.61. The van der Waals surface area contributed by atoms with Crippen LogP contribution in [-0.2, 0) is 23.8 Å². The minimum atomic E-state index is -1.74. The molecule has 1 rings (SSSR count). The highest BCUT2D eigenvalue weighted by Gasteiger charge is 2.47. The van der Waals surface area contributed by atoms with Crippen molar-refractivity contribution in [2.24, 2.45) is 23.3 Å². The molecule has 1 fully saturated rings. The van der Waals surface area contributed by atoms with Crippen molar-refractivity contribution in [1.29, 1.82) is 0 Å². The average molecular weight is 406 g/mol. The summed E-state index contributed by atoms with van der Waals surface area (Å²) in [5.41, 5.74) is 11.5. The van der Waals surface area contributed by atoms with Crippen LogP contribution in [0.4, 0.5) is 0 Å². The molecule has 7 N–H and O–H groups in total. The number of hydrogen-bond donors (Lipinski definition) is 5. The molecule has 28 heavy (non-hydrogen) atoms. The zero-order chi connectivity index (χ0) is 21.6. The monoisotopic (exact) mass is 406 g/mol. The lowest BCUT2D eigenvalue weighted by molar-refractivity contribution is -0.291. The molecule has 1 unspecified atom stereocenters. The number of nitrogens with two attached hydrogens (primary N) is 2. The fourth-order valence-electron chi connectivity index (χ4n) is 2.89. The normalized spacial score (nSPS) is 30.2. The lowest BCUT2D eigenvalue weighted by atomic mass is 9.98. The first kappa shape index (κ1) is 24.7. The fraction of sp³-hybridized carbons (Fsp3) is 0.889. The van der Waals surface area contributed by atoms with E-state index in [-0.39, 0.29) is 11.8 Å². The Morgan fingerprint density at radius 3 is 1.93 bits per heavy atom. The summed E-state index contributed by atoms with van der Waals surface area (Å²) in [5, 5.41) is 30.3. The second-order valence-corrected chi connectivity index (χ2v) is 8.05. The first-order valence-corrected chi connectivity index (χ1v) is 9.51. The summed E-state index contributed by atoms with van der Waals surface area (Å²) in [6, 6.07) is -1.77. The van der Waals surface area contributed by atoms with Gasteiger partial charge in [0.15, 0.2) is 12.4 Å². The van der Waals surface area contributed by atoms with Crippen molar-refractivity contribution in [2.45, 2.75) is 83.3 Å². The molecular formula is C18H34N2O8. The molecule has 1 aliphatic heterocycles. The molecule has 0 amide bonds. The van der Waals surface area contributed by atoms with E-state index in [0.717, 1.165) is 0 Å². The summed E-state index contributed by atoms with van der Waals surface area (Å²) in [6.45, 7) is 7.14. The van der Waals surface area contributed by atoms with E-state index in [4.69, 9.17) is 25.7 Å². The minimum Gasteiger partial charge on any atom is -0.462 e. The van der Waals surface area contributed by atoms with Gasteiger partial charge in [0.1, 0.15) is 37.0 Å². The van der Waals surface area contributed by atoms with E-state index in [1.54, 1.807) is 0 Å². The predicted molar refractivity (Wildman–Crippen MR) is 98.6 cm³/mol. The van der Waals surface area contributed by atoms with Gasteiger partial charge < -0.3 is 41.0 Å². The molecule has 10 heteroatoms. The van der Waals surface area contributed by atoms with Crippen LogP contribution in [0.5, 0.6) is 0 Å². The SMILES string of the molecule is CC(C)C[C@H](N)C(=O)OC[C@H]1OC(O)[C@H](O)[C@@H](OC(=O)[C@@H](N)CC(C)C)[C@@H]1O. The Kier molecular flexibility index (Phi) is 9.75. The van der Waals surface area contributed by atoms with Gasteiger partial charge >= 0.3 is 11.9 Å². The van der Waals surface area contributed by atoms with Gasteiger partial charge in [-0.15, -0.1) is 0 Å². The van der Waals surface area contributed by atoms with E-state index in [9.17, 15) is 24.9 Å². The van der Waals surface area contributed by atoms with Gasteiger partial charge in [0, 0.05) is 0 Å². The first-order chi connectivity index (χ1) is 12.9. The molecule has 0 saturated carbocycles. The smallest absolute Gasteiger partial charge is 0.323 e. The topological polar surface area (TPSA) is 175 Å². The molecule has 0 bridgehead atoms. The number of aliphatic hydroxyl groups is 3. The maximum atomic E-state index is 12.1. The van der Waals surface area contributed by atoms with Crippen molar-refractivity contribution in [3.8, 4) is 0 Å². The second kappa shape index (κ2) is 11.0. The Balaban J connectivity index is 2.70. The van der Waals surface area contributed by atoms with Crippen LogP contribution in [-0.4, -0.2) is 76.7 Å². The summed E-state index contributed by atoms with van der Waals surface area (Å²) >= 11 is 0. The van der Waals surface area contributed by atoms with Crippen LogP contribution in [0.15, 0.2) is 0 Å². The van der Waals surface area contributed by atoms with Crippen molar-refractivity contribution in [3.05, 3.63) is 0 Å². The number of ether oxygens (including phenoxy) is 3. The van der Waals surface area contributed by atoms with Gasteiger partial charge in [-0.05, 0) is 24.7 Å². The van der Waals surface area contributed by atoms with E-state index in [1.807, 2.05) is 27.7 Å². The Hall–Kier alpha value is -1.30. The van der Waals surface area contributed by atoms with E-state index in [2.05, 4.69) is 0 Å². The van der Waals surface area contributed by atoms with Gasteiger partial charge in [-0.25, -0.2) is 0 Å². The first-order valence-electron chi connectivity index (χ1n) is 9.51. The maximum Gasteiger partial charge on any atom is 0.323 e. The molecule has 164 valence electrons. The molecule has 10 nitrogen and oxygen atoms in total. The van der Waals surface area contributed by atoms with Crippen LogP contribution in [0.25, 0.3) is 0 Å². The van der Waals surface area contributed by atoms with Crippen LogP contribution in [0, 0.1) is 11.8 Å². The molecule has 0 aromatic carbocycles. The van der Waals surface area contributed by atoms with Crippen molar-refractivity contribution in [2.75, 3.05) is 6.61 Å². The summed E-state index contributed by atoms with van der Waals surface area (Å²) in [5.74, 6) is -1.17. The molecule has 1 saturated heterocycles. The van der Waals surface area contributed by atoms with Gasteiger partial charge in [0.2, 0.25) is 0 Å². The molecule has 1 heterocycles. The van der Waals surface area contributed by atoms with Gasteiger partial charge in [0.25, 0.3) is 0 Å². The Bertz CT molecular complexity index is 516. The summed E-state index contributed by atoms with van der Waals surface area (Å²) < 4.78 is 15.2. The number of aliphatic hydroxyl groups excluding tert-OH is 3. The van der Waals surface area contributed by atoms with Crippen LogP contribution in [0.2, 0.25) is 0 Å². The number of esters is 2. The van der Waals surface area contributed by atoms with Crippen LogP contribution < -0.4 is 11.5 Å². The molecule has 0 spiro atoms. The van der Waals surface area contributed by atoms with E-state index < -0.39 is 61.3 Å². The van der Waals surface area contributed by atoms with Crippen LogP contribution in [0.3, 0.4) is 0 Å². The summed E-state index contributed by atoms with van der Waals surface area (Å²) in [7, 11) is 0. The third-order valence-electron chi connectivity index (χ3n) is 4.36. The van der Waals surface area contributed by atoms with Crippen molar-refractivity contribution in [3.63, 3.8) is 0 Å². The molecule has 1 aliphatic rings. The van der Waals surface area contributed by atoms with Crippen molar-refractivity contribution in [1.82, 2.24) is 0 Å². The lowest BCUT2D eigenvalue weighted by Gasteiger charge is -2.40. The molecule has 0 aromatic heterocycles. The summed E-state index contributed by atoms with van der Waals surface area (Å²) in [6.07, 6.45) is -6.89. The number of rotatable bonds is 9. The van der Waals surface area contributed by atoms with Crippen molar-refractivity contribution >= 4 is 11.9 Å². The Morgan fingerprint density at radius 1 is 0.929 bits per heavy atom. The van der Waals surface area contributed by atoms with Crippen molar-refractivity contribution < 1.29 is 39.1 Å². The van der Waals surface area contributed by atoms with Gasteiger partial charge in [0.05, 0.1) is 0 Å². The van der Waals surface area contributed by atoms with Gasteiger partial charge in [-0.1, -0.05) is 27.7 Å². The minimum absolute atomic E-state index is 0.139. The second-order valence-electron chi connectivity index (χ2n) is 8.05. The fourth-order valence-corrected chi connectivity index (χ4v) is 2.89. The molecule has 0 aromatic rings. The third kappa shape index (κ3) is 7.26. The number of carbonyl (C=O) groups excluding carboxylic acids is 2. The highest BCUT2D eigenvalue weighted by atomic mass is 16.7. The average Bonchev–Trinajstić information content (AvgIpc) is 2.58.